The Hall–Kier alpha value is -2.74. The van der Waals surface area contributed by atoms with Gasteiger partial charge in [-0.3, -0.25) is 4.79 Å². The van der Waals surface area contributed by atoms with E-state index in [1.807, 2.05) is 37.8 Å². The van der Waals surface area contributed by atoms with Crippen molar-refractivity contribution in [3.8, 4) is 11.5 Å². The van der Waals surface area contributed by atoms with E-state index in [9.17, 15) is 9.59 Å². The third-order valence-corrected chi connectivity index (χ3v) is 8.23. The Morgan fingerprint density at radius 1 is 1.23 bits per heavy atom. The molecule has 0 bridgehead atoms. The normalized spacial score (nSPS) is 27.4. The first kappa shape index (κ1) is 30.2. The van der Waals surface area contributed by atoms with Gasteiger partial charge in [-0.2, -0.15) is 0 Å². The van der Waals surface area contributed by atoms with Crippen LogP contribution < -0.4 is 9.47 Å². The number of para-hydroxylation sites is 1. The summed E-state index contributed by atoms with van der Waals surface area (Å²) in [6, 6.07) is 5.99. The molecule has 8 heteroatoms. The first-order chi connectivity index (χ1) is 18.9. The lowest BCUT2D eigenvalue weighted by Gasteiger charge is -2.54. The number of hydrogen-bond donors (Lipinski definition) is 1. The molecule has 1 aromatic carbocycles. The third-order valence-electron chi connectivity index (χ3n) is 8.23. The van der Waals surface area contributed by atoms with Gasteiger partial charge in [0.05, 0.1) is 18.8 Å². The fourth-order valence-electron chi connectivity index (χ4n) is 6.23. The van der Waals surface area contributed by atoms with Crippen molar-refractivity contribution in [2.75, 3.05) is 19.7 Å². The molecule has 2 fully saturated rings. The Kier molecular flexibility index (Phi) is 9.38. The highest BCUT2D eigenvalue weighted by atomic mass is 16.6. The van der Waals surface area contributed by atoms with Gasteiger partial charge in [-0.25, -0.2) is 4.79 Å². The van der Waals surface area contributed by atoms with Gasteiger partial charge in [0.1, 0.15) is 11.2 Å². The molecule has 8 nitrogen and oxygen atoms in total. The summed E-state index contributed by atoms with van der Waals surface area (Å²) in [5.41, 5.74) is 1.29. The molecule has 40 heavy (non-hydrogen) atoms. The molecule has 222 valence electrons. The summed E-state index contributed by atoms with van der Waals surface area (Å²) in [7, 11) is 0. The van der Waals surface area contributed by atoms with Crippen LogP contribution in [0.5, 0.6) is 11.5 Å². The number of allylic oxidation sites excluding steroid dienone is 2. The molecule has 5 atom stereocenters. The predicted octanol–water partition coefficient (Wildman–Crippen LogP) is 6.92. The van der Waals surface area contributed by atoms with E-state index >= 15 is 0 Å². The predicted molar refractivity (Wildman–Crippen MR) is 153 cm³/mol. The summed E-state index contributed by atoms with van der Waals surface area (Å²) in [5, 5.41) is 8.93. The van der Waals surface area contributed by atoms with Crippen LogP contribution in [0.25, 0.3) is 0 Å². The highest BCUT2D eigenvalue weighted by molar-refractivity contribution is 5.68. The molecule has 1 N–H and O–H groups in total. The van der Waals surface area contributed by atoms with E-state index in [1.54, 1.807) is 0 Å². The first-order valence-electron chi connectivity index (χ1n) is 14.8. The number of rotatable bonds is 9. The van der Waals surface area contributed by atoms with Crippen LogP contribution in [0, 0.1) is 11.8 Å². The number of hydrogen-bond acceptors (Lipinski definition) is 6. The molecule has 3 aliphatic rings. The lowest BCUT2D eigenvalue weighted by molar-refractivity contribution is -0.191. The van der Waals surface area contributed by atoms with Crippen LogP contribution in [-0.4, -0.2) is 59.1 Å². The van der Waals surface area contributed by atoms with E-state index in [-0.39, 0.29) is 36.6 Å². The Morgan fingerprint density at radius 3 is 2.70 bits per heavy atom. The van der Waals surface area contributed by atoms with Gasteiger partial charge in [-0.1, -0.05) is 23.8 Å². The molecule has 0 aliphatic carbocycles. The second-order valence-electron chi connectivity index (χ2n) is 13.0. The van der Waals surface area contributed by atoms with Crippen molar-refractivity contribution in [1.29, 1.82) is 0 Å². The highest BCUT2D eigenvalue weighted by Crippen LogP contribution is 2.56. The standard InChI is InChI=1S/C32H47NO7/c1-21(2)11-10-16-32(6)24-19-22-20-33(30(36)40-31(3,4)5)17-15-25(22)38-28(24)23-12-9-13-26(29(23)39-32)37-18-8-7-14-27(34)35/h9,11-13,22,24-25,28H,7-8,10,14-20H2,1-6H3,(H,34,35)/t22-,24-,25-,28+,32-/m0/s1. The Bertz CT molecular complexity index is 1090. The summed E-state index contributed by atoms with van der Waals surface area (Å²) in [5.74, 6) is 0.972. The number of piperidine rings is 1. The van der Waals surface area contributed by atoms with Crippen molar-refractivity contribution < 1.29 is 33.6 Å². The minimum atomic E-state index is -0.789. The van der Waals surface area contributed by atoms with Crippen molar-refractivity contribution in [2.45, 2.75) is 110 Å². The van der Waals surface area contributed by atoms with Gasteiger partial charge < -0.3 is 29.0 Å². The molecule has 2 saturated heterocycles. The number of fused-ring (bicyclic) bond motifs is 4. The van der Waals surface area contributed by atoms with Crippen molar-refractivity contribution in [3.63, 3.8) is 0 Å². The van der Waals surface area contributed by atoms with Crippen LogP contribution in [0.3, 0.4) is 0 Å². The van der Waals surface area contributed by atoms with Gasteiger partial charge >= 0.3 is 12.1 Å². The van der Waals surface area contributed by atoms with Crippen LogP contribution >= 0.6 is 0 Å². The van der Waals surface area contributed by atoms with Crippen molar-refractivity contribution in [2.24, 2.45) is 11.8 Å². The number of nitrogens with zero attached hydrogens (tertiary/aromatic N) is 1. The molecule has 0 radical (unpaired) electrons. The highest BCUT2D eigenvalue weighted by Gasteiger charge is 2.54. The molecule has 1 aromatic rings. The number of aliphatic carboxylic acids is 1. The molecule has 0 spiro atoms. The van der Waals surface area contributed by atoms with Gasteiger partial charge in [0, 0.05) is 36.9 Å². The number of carboxylic acid groups (broad SMARTS) is 1. The topological polar surface area (TPSA) is 94.5 Å². The zero-order valence-corrected chi connectivity index (χ0v) is 25.0. The summed E-state index contributed by atoms with van der Waals surface area (Å²) >= 11 is 0. The Labute approximate surface area is 239 Å². The molecule has 0 saturated carbocycles. The zero-order chi connectivity index (χ0) is 29.1. The smallest absolute Gasteiger partial charge is 0.410 e. The summed E-state index contributed by atoms with van der Waals surface area (Å²) in [6.07, 6.45) is 6.72. The van der Waals surface area contributed by atoms with Crippen molar-refractivity contribution in [3.05, 3.63) is 35.4 Å². The van der Waals surface area contributed by atoms with Gasteiger partial charge in [-0.05, 0) is 86.1 Å². The minimum Gasteiger partial charge on any atom is -0.490 e. The molecular formula is C32H47NO7. The average Bonchev–Trinajstić information content (AvgIpc) is 2.86. The van der Waals surface area contributed by atoms with Crippen LogP contribution in [0.2, 0.25) is 0 Å². The maximum atomic E-state index is 12.9. The SMILES string of the molecule is CC(C)=CCC[C@]1(C)Oc2c(OCCCCC(=O)O)cccc2[C@H]2O[C@H]3CCN(C(=O)OC(C)(C)C)C[C@@H]3C[C@@H]21. The number of carbonyl (C=O) groups excluding carboxylic acids is 1. The molecule has 1 amide bonds. The second-order valence-corrected chi connectivity index (χ2v) is 13.0. The molecule has 3 aliphatic heterocycles. The van der Waals surface area contributed by atoms with Crippen LogP contribution in [0.4, 0.5) is 4.79 Å². The number of likely N-dealkylation sites (tertiary alicyclic amines) is 1. The van der Waals surface area contributed by atoms with Gasteiger partial charge in [0.2, 0.25) is 0 Å². The molecule has 4 rings (SSSR count). The van der Waals surface area contributed by atoms with Crippen LogP contribution in [0.1, 0.15) is 98.2 Å². The number of carbonyl (C=O) groups is 2. The first-order valence-corrected chi connectivity index (χ1v) is 14.8. The fourth-order valence-corrected chi connectivity index (χ4v) is 6.23. The number of carboxylic acids is 1. The monoisotopic (exact) mass is 557 g/mol. The van der Waals surface area contributed by atoms with Crippen LogP contribution in [-0.2, 0) is 14.3 Å². The minimum absolute atomic E-state index is 0.0634. The Morgan fingerprint density at radius 2 is 2.00 bits per heavy atom. The van der Waals surface area contributed by atoms with E-state index in [0.717, 1.165) is 37.0 Å². The van der Waals surface area contributed by atoms with E-state index in [1.165, 1.54) is 5.57 Å². The van der Waals surface area contributed by atoms with E-state index < -0.39 is 17.2 Å². The third kappa shape index (κ3) is 7.31. The van der Waals surface area contributed by atoms with Crippen LogP contribution in [0.15, 0.2) is 29.8 Å². The van der Waals surface area contributed by atoms with Gasteiger partial charge in [0.15, 0.2) is 11.5 Å². The summed E-state index contributed by atoms with van der Waals surface area (Å²) in [4.78, 5) is 25.6. The van der Waals surface area contributed by atoms with Crippen molar-refractivity contribution >= 4 is 12.1 Å². The number of benzene rings is 1. The number of unbranched alkanes of at least 4 members (excludes halogenated alkanes) is 1. The van der Waals surface area contributed by atoms with E-state index in [4.69, 9.17) is 24.1 Å². The lowest BCUT2D eigenvalue weighted by atomic mass is 9.68. The summed E-state index contributed by atoms with van der Waals surface area (Å²) in [6.45, 7) is 13.8. The summed E-state index contributed by atoms with van der Waals surface area (Å²) < 4.78 is 25.6. The maximum Gasteiger partial charge on any atom is 0.410 e. The van der Waals surface area contributed by atoms with E-state index in [0.29, 0.717) is 38.3 Å². The largest absolute Gasteiger partial charge is 0.490 e. The average molecular weight is 558 g/mol. The molecular weight excluding hydrogens is 510 g/mol. The number of amides is 1. The van der Waals surface area contributed by atoms with Gasteiger partial charge in [-0.15, -0.1) is 0 Å². The quantitative estimate of drug-likeness (QED) is 0.260. The second kappa shape index (κ2) is 12.4. The molecule has 0 aromatic heterocycles. The lowest BCUT2D eigenvalue weighted by Crippen LogP contribution is -2.57. The Balaban J connectivity index is 1.56. The maximum absolute atomic E-state index is 12.9. The van der Waals surface area contributed by atoms with Gasteiger partial charge in [0.25, 0.3) is 0 Å². The van der Waals surface area contributed by atoms with E-state index in [2.05, 4.69) is 32.9 Å². The number of ether oxygens (including phenoxy) is 4. The molecule has 3 heterocycles. The van der Waals surface area contributed by atoms with Crippen molar-refractivity contribution in [1.82, 2.24) is 4.90 Å². The molecule has 0 unspecified atom stereocenters. The fraction of sp³-hybridized carbons (Fsp3) is 0.688. The zero-order valence-electron chi connectivity index (χ0n) is 25.0.